The van der Waals surface area contributed by atoms with E-state index in [1.54, 1.807) is 12.1 Å². The number of pyridine rings is 1. The summed E-state index contributed by atoms with van der Waals surface area (Å²) in [6.45, 7) is 11.8. The van der Waals surface area contributed by atoms with Crippen molar-refractivity contribution in [2.45, 2.75) is 109 Å². The molecule has 0 spiro atoms. The maximum atomic E-state index is 13.3. The molecule has 38 heavy (non-hydrogen) atoms. The van der Waals surface area contributed by atoms with E-state index >= 15 is 0 Å². The first-order valence-corrected chi connectivity index (χ1v) is 16.2. The Hall–Kier alpha value is -1.57. The fraction of sp³-hybridized carbons (Fsp3) is 0.645. The lowest BCUT2D eigenvalue weighted by Gasteiger charge is -2.49. The Bertz CT molecular complexity index is 1190. The van der Waals surface area contributed by atoms with E-state index in [4.69, 9.17) is 13.9 Å². The lowest BCUT2D eigenvalue weighted by Crippen LogP contribution is -2.33. The first kappa shape index (κ1) is 28.0. The summed E-state index contributed by atoms with van der Waals surface area (Å²) in [6, 6.07) is 5.48. The van der Waals surface area contributed by atoms with Crippen LogP contribution < -0.4 is 0 Å². The zero-order chi connectivity index (χ0) is 27.7. The Morgan fingerprint density at radius 2 is 1.58 bits per heavy atom. The zero-order valence-electron chi connectivity index (χ0n) is 23.8. The summed E-state index contributed by atoms with van der Waals surface area (Å²) in [4.78, 5) is 5.22. The van der Waals surface area contributed by atoms with Crippen LogP contribution in [0.15, 0.2) is 24.3 Å². The van der Waals surface area contributed by atoms with E-state index in [0.29, 0.717) is 12.5 Å². The predicted molar refractivity (Wildman–Crippen MR) is 149 cm³/mol. The molecule has 2 atom stereocenters. The topological polar surface area (TPSA) is 31.4 Å². The van der Waals surface area contributed by atoms with Crippen molar-refractivity contribution in [2.24, 2.45) is 5.41 Å². The van der Waals surface area contributed by atoms with Crippen LogP contribution in [0.1, 0.15) is 124 Å². The molecule has 0 amide bonds. The van der Waals surface area contributed by atoms with Crippen LogP contribution in [0.3, 0.4) is 0 Å². The van der Waals surface area contributed by atoms with Crippen molar-refractivity contribution >= 4 is 10.3 Å². The highest BCUT2D eigenvalue weighted by atomic mass is 32.3. The molecule has 0 N–H and O–H groups in total. The molecule has 2 aromatic rings. The van der Waals surface area contributed by atoms with Crippen molar-refractivity contribution in [1.82, 2.24) is 4.98 Å². The normalized spacial score (nSPS) is 24.4. The fourth-order valence-electron chi connectivity index (χ4n) is 6.29. The molecule has 1 fully saturated rings. The van der Waals surface area contributed by atoms with Gasteiger partial charge < -0.3 is 8.92 Å². The highest BCUT2D eigenvalue weighted by Gasteiger charge is 2.44. The van der Waals surface area contributed by atoms with Crippen molar-refractivity contribution < 1.29 is 22.1 Å². The first-order valence-electron chi connectivity index (χ1n) is 13.8. The molecule has 210 valence electrons. The maximum absolute atomic E-state index is 13.3. The van der Waals surface area contributed by atoms with Crippen LogP contribution in [-0.2, 0) is 28.1 Å². The van der Waals surface area contributed by atoms with Crippen LogP contribution in [0.4, 0.5) is 13.2 Å². The largest absolute Gasteiger partial charge is 0.416 e. The van der Waals surface area contributed by atoms with E-state index < -0.39 is 28.2 Å². The maximum Gasteiger partial charge on any atom is 0.416 e. The van der Waals surface area contributed by atoms with E-state index in [0.717, 1.165) is 48.2 Å². The van der Waals surface area contributed by atoms with Crippen LogP contribution in [0.25, 0.3) is 0 Å². The molecule has 7 heteroatoms. The van der Waals surface area contributed by atoms with Gasteiger partial charge in [-0.1, -0.05) is 59.6 Å². The molecule has 0 radical (unpaired) electrons. The minimum Gasteiger partial charge on any atom is -0.362 e. The lowest BCUT2D eigenvalue weighted by molar-refractivity contribution is -0.137. The lowest BCUT2D eigenvalue weighted by atomic mass is 9.71. The Morgan fingerprint density at radius 1 is 0.947 bits per heavy atom. The number of ether oxygens (including phenoxy) is 1. The van der Waals surface area contributed by atoms with Crippen LogP contribution in [0, 0.1) is 5.41 Å². The number of halogens is 3. The highest BCUT2D eigenvalue weighted by Crippen LogP contribution is 2.61. The third kappa shape index (κ3) is 5.15. The second-order valence-corrected chi connectivity index (χ2v) is 17.4. The van der Waals surface area contributed by atoms with Gasteiger partial charge in [-0.05, 0) is 72.8 Å². The van der Waals surface area contributed by atoms with Gasteiger partial charge in [0.2, 0.25) is 0 Å². The van der Waals surface area contributed by atoms with Gasteiger partial charge in [0.1, 0.15) is 6.10 Å². The Labute approximate surface area is 227 Å². The fourth-order valence-corrected chi connectivity index (χ4v) is 7.33. The third-order valence-corrected chi connectivity index (χ3v) is 12.6. The number of rotatable bonds is 4. The minimum absolute atomic E-state index is 0.0261. The second kappa shape index (κ2) is 9.52. The molecule has 2 heterocycles. The smallest absolute Gasteiger partial charge is 0.362 e. The van der Waals surface area contributed by atoms with Gasteiger partial charge >= 0.3 is 6.18 Å². The Kier molecular flexibility index (Phi) is 7.01. The zero-order valence-corrected chi connectivity index (χ0v) is 24.6. The standard InChI is InChI=1S/C31H42F3NO2S/c1-29(2,3)38(6,7)37-24-17-30(4,5)16-22-26(24)25(19-10-8-9-11-19)27-23(35-22)18-36-28(27)20-12-14-21(15-13-20)31(32,33)34/h12-15,19,24,28H,8-11,16-18H2,1-7H3. The van der Waals surface area contributed by atoms with Crippen molar-refractivity contribution in [1.29, 1.82) is 0 Å². The minimum atomic E-state index is -4.36. The average Bonchev–Trinajstić information content (AvgIpc) is 3.45. The van der Waals surface area contributed by atoms with E-state index in [9.17, 15) is 13.2 Å². The van der Waals surface area contributed by atoms with Gasteiger partial charge in [0.25, 0.3) is 0 Å². The molecule has 2 aliphatic carbocycles. The molecule has 1 aliphatic heterocycles. The quantitative estimate of drug-likeness (QED) is 0.381. The number of fused-ring (bicyclic) bond motifs is 2. The van der Waals surface area contributed by atoms with Crippen LogP contribution in [0.5, 0.6) is 0 Å². The van der Waals surface area contributed by atoms with E-state index in [1.165, 1.54) is 36.1 Å². The van der Waals surface area contributed by atoms with Gasteiger partial charge in [0.05, 0.1) is 24.0 Å². The Balaban J connectivity index is 1.67. The summed E-state index contributed by atoms with van der Waals surface area (Å²) in [5.74, 6) is 0.402. The molecule has 1 aromatic heterocycles. The molecule has 1 aromatic carbocycles. The van der Waals surface area contributed by atoms with Gasteiger partial charge in [-0.2, -0.15) is 13.2 Å². The summed E-state index contributed by atoms with van der Waals surface area (Å²) < 4.78 is 53.3. The summed E-state index contributed by atoms with van der Waals surface area (Å²) in [5.41, 5.74) is 5.94. The van der Waals surface area contributed by atoms with Gasteiger partial charge in [-0.3, -0.25) is 4.98 Å². The van der Waals surface area contributed by atoms with Crippen LogP contribution in [-0.4, -0.2) is 22.2 Å². The first-order chi connectivity index (χ1) is 17.6. The van der Waals surface area contributed by atoms with Crippen LogP contribution in [0.2, 0.25) is 0 Å². The Morgan fingerprint density at radius 3 is 2.16 bits per heavy atom. The van der Waals surface area contributed by atoms with E-state index in [2.05, 4.69) is 47.1 Å². The van der Waals surface area contributed by atoms with Gasteiger partial charge in [-0.25, -0.2) is 0 Å². The van der Waals surface area contributed by atoms with Crippen molar-refractivity contribution in [3.63, 3.8) is 0 Å². The van der Waals surface area contributed by atoms with Crippen molar-refractivity contribution in [3.8, 4) is 0 Å². The number of aromatic nitrogens is 1. The molecule has 5 rings (SSSR count). The van der Waals surface area contributed by atoms with Crippen molar-refractivity contribution in [3.05, 3.63) is 63.5 Å². The number of benzene rings is 1. The molecule has 3 nitrogen and oxygen atoms in total. The van der Waals surface area contributed by atoms with Crippen LogP contribution >= 0.6 is 10.3 Å². The molecular formula is C31H42F3NO2S. The average molecular weight is 550 g/mol. The summed E-state index contributed by atoms with van der Waals surface area (Å²) in [6.07, 6.45) is 6.15. The number of hydrogen-bond donors (Lipinski definition) is 0. The molecular weight excluding hydrogens is 507 g/mol. The third-order valence-electron chi connectivity index (χ3n) is 8.96. The number of alkyl halides is 3. The molecule has 1 saturated carbocycles. The van der Waals surface area contributed by atoms with E-state index in [-0.39, 0.29) is 16.3 Å². The number of hydrogen-bond acceptors (Lipinski definition) is 3. The van der Waals surface area contributed by atoms with Gasteiger partial charge in [-0.15, -0.1) is 10.3 Å². The summed E-state index contributed by atoms with van der Waals surface area (Å²) in [7, 11) is -1.39. The van der Waals surface area contributed by atoms with E-state index in [1.807, 2.05) is 0 Å². The number of nitrogens with zero attached hydrogens (tertiary/aromatic N) is 1. The molecule has 0 saturated heterocycles. The predicted octanol–water partition coefficient (Wildman–Crippen LogP) is 9.19. The molecule has 0 bridgehead atoms. The van der Waals surface area contributed by atoms with Gasteiger partial charge in [0, 0.05) is 21.6 Å². The molecule has 2 unspecified atom stereocenters. The van der Waals surface area contributed by atoms with Crippen molar-refractivity contribution in [2.75, 3.05) is 12.5 Å². The SMILES string of the molecule is CC1(C)Cc2nc3c(c(C4CCCC4)c2C(OS(C)(C)C(C)(C)C)C1)C(c1ccc(C(F)(F)F)cc1)OC3. The monoisotopic (exact) mass is 549 g/mol. The van der Waals surface area contributed by atoms with Gasteiger partial charge in [0.15, 0.2) is 0 Å². The summed E-state index contributed by atoms with van der Waals surface area (Å²) >= 11 is 0. The second-order valence-electron chi connectivity index (χ2n) is 13.5. The highest BCUT2D eigenvalue weighted by molar-refractivity contribution is 8.29. The summed E-state index contributed by atoms with van der Waals surface area (Å²) in [5, 5.41) is 0. The molecule has 3 aliphatic rings.